The number of anilines is 1. The number of nitrogens with one attached hydrogen (secondary N) is 1. The van der Waals surface area contributed by atoms with Gasteiger partial charge in [-0.25, -0.2) is 9.48 Å². The van der Waals surface area contributed by atoms with Crippen LogP contribution in [0.3, 0.4) is 0 Å². The summed E-state index contributed by atoms with van der Waals surface area (Å²) in [6, 6.07) is 12.4. The van der Waals surface area contributed by atoms with Crippen LogP contribution < -0.4 is 14.8 Å². The van der Waals surface area contributed by atoms with Gasteiger partial charge in [-0.15, -0.1) is 0 Å². The molecule has 4 rings (SSSR count). The van der Waals surface area contributed by atoms with Gasteiger partial charge in [-0.2, -0.15) is 5.10 Å². The summed E-state index contributed by atoms with van der Waals surface area (Å²) in [5.74, 6) is 1.28. The van der Waals surface area contributed by atoms with Crippen LogP contribution in [0, 0.1) is 0 Å². The van der Waals surface area contributed by atoms with E-state index in [-0.39, 0.29) is 5.56 Å². The number of fused-ring (bicyclic) bond motifs is 1. The fourth-order valence-electron chi connectivity index (χ4n) is 3.75. The standard InChI is InChI=1S/C22H23N3O4/c1-28-17-10-6-11-18(29-2)19(17)20-16-9-3-4-12-23-21(16)25(24-20)15-8-5-7-14(13-15)22(26)27/h5-8,10-11,13,23H,3-4,9,12H2,1-2H3,(H,26,27). The molecule has 0 aliphatic carbocycles. The maximum Gasteiger partial charge on any atom is 0.335 e. The second-order valence-corrected chi connectivity index (χ2v) is 6.86. The lowest BCUT2D eigenvalue weighted by atomic mass is 10.0. The summed E-state index contributed by atoms with van der Waals surface area (Å²) < 4.78 is 13.0. The van der Waals surface area contributed by atoms with E-state index in [9.17, 15) is 9.90 Å². The molecule has 2 N–H and O–H groups in total. The summed E-state index contributed by atoms with van der Waals surface area (Å²) in [6.45, 7) is 0.833. The number of carboxylic acid groups (broad SMARTS) is 1. The molecule has 7 heteroatoms. The van der Waals surface area contributed by atoms with Crippen LogP contribution in [-0.2, 0) is 6.42 Å². The molecule has 29 heavy (non-hydrogen) atoms. The van der Waals surface area contributed by atoms with Crippen LogP contribution in [0.15, 0.2) is 42.5 Å². The summed E-state index contributed by atoms with van der Waals surface area (Å²) in [6.07, 6.45) is 2.94. The van der Waals surface area contributed by atoms with E-state index in [2.05, 4.69) is 5.32 Å². The highest BCUT2D eigenvalue weighted by atomic mass is 16.5. The monoisotopic (exact) mass is 393 g/mol. The predicted octanol–water partition coefficient (Wildman–Crippen LogP) is 4.00. The van der Waals surface area contributed by atoms with Crippen molar-refractivity contribution in [2.45, 2.75) is 19.3 Å². The SMILES string of the molecule is COc1cccc(OC)c1-c1nn(-c2cccc(C(=O)O)c2)c2c1CCCCN2. The molecule has 0 radical (unpaired) electrons. The maximum atomic E-state index is 11.4. The Morgan fingerprint density at radius 1 is 1.10 bits per heavy atom. The van der Waals surface area contributed by atoms with Crippen molar-refractivity contribution < 1.29 is 19.4 Å². The first-order valence-electron chi connectivity index (χ1n) is 9.55. The number of benzene rings is 2. The highest BCUT2D eigenvalue weighted by Crippen LogP contribution is 2.42. The molecule has 3 aromatic rings. The van der Waals surface area contributed by atoms with Gasteiger partial charge in [0.25, 0.3) is 0 Å². The fourth-order valence-corrected chi connectivity index (χ4v) is 3.75. The van der Waals surface area contributed by atoms with Crippen LogP contribution in [0.2, 0.25) is 0 Å². The predicted molar refractivity (Wildman–Crippen MR) is 110 cm³/mol. The summed E-state index contributed by atoms with van der Waals surface area (Å²) in [5, 5.41) is 17.8. The molecule has 0 saturated carbocycles. The summed E-state index contributed by atoms with van der Waals surface area (Å²) in [4.78, 5) is 11.4. The second kappa shape index (κ2) is 7.87. The van der Waals surface area contributed by atoms with Crippen molar-refractivity contribution in [1.82, 2.24) is 9.78 Å². The molecule has 0 spiro atoms. The average Bonchev–Trinajstić information content (AvgIpc) is 2.93. The van der Waals surface area contributed by atoms with Gasteiger partial charge in [0.05, 0.1) is 31.0 Å². The average molecular weight is 393 g/mol. The van der Waals surface area contributed by atoms with Crippen LogP contribution in [0.1, 0.15) is 28.8 Å². The van der Waals surface area contributed by atoms with Gasteiger partial charge in [0.2, 0.25) is 0 Å². The van der Waals surface area contributed by atoms with Crippen molar-refractivity contribution in [3.63, 3.8) is 0 Å². The molecule has 0 bridgehead atoms. The van der Waals surface area contributed by atoms with E-state index in [1.54, 1.807) is 37.1 Å². The van der Waals surface area contributed by atoms with Gasteiger partial charge in [0.15, 0.2) is 0 Å². The number of carboxylic acids is 1. The molecule has 0 unspecified atom stereocenters. The van der Waals surface area contributed by atoms with Crippen LogP contribution in [0.4, 0.5) is 5.82 Å². The molecular formula is C22H23N3O4. The van der Waals surface area contributed by atoms with E-state index in [4.69, 9.17) is 14.6 Å². The smallest absolute Gasteiger partial charge is 0.335 e. The van der Waals surface area contributed by atoms with Crippen LogP contribution in [-0.4, -0.2) is 41.6 Å². The normalized spacial score (nSPS) is 13.2. The highest BCUT2D eigenvalue weighted by molar-refractivity contribution is 5.88. The summed E-state index contributed by atoms with van der Waals surface area (Å²) in [7, 11) is 3.26. The molecule has 0 atom stereocenters. The van der Waals surface area contributed by atoms with E-state index < -0.39 is 5.97 Å². The number of hydrogen-bond acceptors (Lipinski definition) is 5. The van der Waals surface area contributed by atoms with E-state index >= 15 is 0 Å². The summed E-state index contributed by atoms with van der Waals surface area (Å²) >= 11 is 0. The lowest BCUT2D eigenvalue weighted by Gasteiger charge is -2.12. The van der Waals surface area contributed by atoms with Gasteiger partial charge in [-0.3, -0.25) is 0 Å². The van der Waals surface area contributed by atoms with E-state index in [1.807, 2.05) is 24.3 Å². The minimum atomic E-state index is -0.968. The van der Waals surface area contributed by atoms with Gasteiger partial charge in [0.1, 0.15) is 23.0 Å². The second-order valence-electron chi connectivity index (χ2n) is 6.86. The van der Waals surface area contributed by atoms with Crippen molar-refractivity contribution in [1.29, 1.82) is 0 Å². The number of aromatic carboxylic acids is 1. The lowest BCUT2D eigenvalue weighted by Crippen LogP contribution is -2.08. The highest BCUT2D eigenvalue weighted by Gasteiger charge is 2.26. The van der Waals surface area contributed by atoms with Crippen LogP contribution in [0.5, 0.6) is 11.5 Å². The molecule has 1 aromatic heterocycles. The van der Waals surface area contributed by atoms with Crippen molar-refractivity contribution in [3.05, 3.63) is 53.6 Å². The summed E-state index contributed by atoms with van der Waals surface area (Å²) in [5.41, 5.74) is 3.56. The molecule has 0 amide bonds. The number of rotatable bonds is 5. The first-order chi connectivity index (χ1) is 14.1. The van der Waals surface area contributed by atoms with Crippen molar-refractivity contribution in [2.24, 2.45) is 0 Å². The number of methoxy groups -OCH3 is 2. The van der Waals surface area contributed by atoms with Crippen LogP contribution in [0.25, 0.3) is 16.9 Å². The van der Waals surface area contributed by atoms with Crippen LogP contribution >= 0.6 is 0 Å². The Morgan fingerprint density at radius 3 is 2.52 bits per heavy atom. The quantitative estimate of drug-likeness (QED) is 0.681. The number of hydrogen-bond donors (Lipinski definition) is 2. The van der Waals surface area contributed by atoms with Gasteiger partial charge < -0.3 is 19.9 Å². The van der Waals surface area contributed by atoms with Gasteiger partial charge in [-0.1, -0.05) is 12.1 Å². The van der Waals surface area contributed by atoms with Crippen molar-refractivity contribution in [3.8, 4) is 28.4 Å². The molecule has 2 aromatic carbocycles. The Bertz CT molecular complexity index is 1040. The number of nitrogens with zero attached hydrogens (tertiary/aromatic N) is 2. The third-order valence-corrected chi connectivity index (χ3v) is 5.13. The van der Waals surface area contributed by atoms with Gasteiger partial charge in [0, 0.05) is 12.1 Å². The number of aromatic nitrogens is 2. The zero-order chi connectivity index (χ0) is 20.4. The van der Waals surface area contributed by atoms with Gasteiger partial charge >= 0.3 is 5.97 Å². The minimum absolute atomic E-state index is 0.219. The molecule has 1 aliphatic heterocycles. The third-order valence-electron chi connectivity index (χ3n) is 5.13. The Labute approximate surface area is 168 Å². The van der Waals surface area contributed by atoms with E-state index in [1.165, 1.54) is 0 Å². The zero-order valence-electron chi connectivity index (χ0n) is 16.4. The number of carbonyl (C=O) groups is 1. The van der Waals surface area contributed by atoms with Gasteiger partial charge in [-0.05, 0) is 49.6 Å². The molecule has 2 heterocycles. The van der Waals surface area contributed by atoms with E-state index in [0.717, 1.165) is 48.4 Å². The van der Waals surface area contributed by atoms with Crippen molar-refractivity contribution in [2.75, 3.05) is 26.1 Å². The Hall–Kier alpha value is -3.48. The molecular weight excluding hydrogens is 370 g/mol. The lowest BCUT2D eigenvalue weighted by molar-refractivity contribution is 0.0697. The largest absolute Gasteiger partial charge is 0.496 e. The Morgan fingerprint density at radius 2 is 1.83 bits per heavy atom. The first kappa shape index (κ1) is 18.9. The molecule has 0 saturated heterocycles. The molecule has 7 nitrogen and oxygen atoms in total. The Kier molecular flexibility index (Phi) is 5.12. The molecule has 1 aliphatic rings. The van der Waals surface area contributed by atoms with E-state index in [0.29, 0.717) is 17.2 Å². The third kappa shape index (κ3) is 3.40. The topological polar surface area (TPSA) is 85.6 Å². The Balaban J connectivity index is 1.97. The zero-order valence-corrected chi connectivity index (χ0v) is 16.4. The molecule has 0 fully saturated rings. The molecule has 150 valence electrons. The maximum absolute atomic E-state index is 11.4. The van der Waals surface area contributed by atoms with Crippen molar-refractivity contribution >= 4 is 11.8 Å². The first-order valence-corrected chi connectivity index (χ1v) is 9.55. The fraction of sp³-hybridized carbons (Fsp3) is 0.273. The minimum Gasteiger partial charge on any atom is -0.496 e. The number of ether oxygens (including phenoxy) is 2.